The highest BCUT2D eigenvalue weighted by Gasteiger charge is 2.29. The van der Waals surface area contributed by atoms with Gasteiger partial charge in [0, 0.05) is 12.0 Å². The van der Waals surface area contributed by atoms with Gasteiger partial charge in [-0.05, 0) is 18.5 Å². The van der Waals surface area contributed by atoms with E-state index in [-0.39, 0.29) is 12.8 Å². The van der Waals surface area contributed by atoms with Crippen molar-refractivity contribution < 1.29 is 19.8 Å². The molecule has 0 unspecified atom stereocenters. The number of rotatable bonds is 3. The molecule has 0 aromatic heterocycles. The highest BCUT2D eigenvalue weighted by atomic mass is 16.7. The van der Waals surface area contributed by atoms with Crippen molar-refractivity contribution in [2.24, 2.45) is 5.84 Å². The third kappa shape index (κ3) is 2.18. The topological polar surface area (TPSA) is 96.0 Å². The lowest BCUT2D eigenvalue weighted by atomic mass is 10.1. The van der Waals surface area contributed by atoms with Crippen LogP contribution in [0.5, 0.6) is 0 Å². The lowest BCUT2D eigenvalue weighted by Gasteiger charge is -2.12. The van der Waals surface area contributed by atoms with Crippen LogP contribution in [0.1, 0.15) is 19.8 Å². The molecule has 0 spiro atoms. The van der Waals surface area contributed by atoms with Gasteiger partial charge >= 0.3 is 5.97 Å². The minimum absolute atomic E-state index is 0.0407. The van der Waals surface area contributed by atoms with E-state index in [4.69, 9.17) is 15.8 Å². The van der Waals surface area contributed by atoms with Crippen LogP contribution in [0.3, 0.4) is 0 Å². The van der Waals surface area contributed by atoms with Crippen LogP contribution in [0.25, 0.3) is 0 Å². The zero-order chi connectivity index (χ0) is 10.0. The maximum absolute atomic E-state index is 10.3. The first-order valence-electron chi connectivity index (χ1n) is 3.83. The second-order valence-electron chi connectivity index (χ2n) is 2.80. The van der Waals surface area contributed by atoms with E-state index in [2.05, 4.69) is 0 Å². The van der Waals surface area contributed by atoms with Crippen LogP contribution in [0, 0.1) is 0 Å². The van der Waals surface area contributed by atoms with Crippen LogP contribution in [-0.4, -0.2) is 27.6 Å². The number of carbonyl (C=O) groups is 1. The van der Waals surface area contributed by atoms with Gasteiger partial charge in [0.05, 0.1) is 0 Å². The molecule has 0 saturated carbocycles. The molecule has 6 nitrogen and oxygen atoms in total. The Kier molecular flexibility index (Phi) is 2.86. The fraction of sp³-hybridized carbons (Fsp3) is 0.571. The Bertz CT molecular complexity index is 251. The molecule has 0 saturated heterocycles. The van der Waals surface area contributed by atoms with Gasteiger partial charge in [-0.1, -0.05) is 0 Å². The van der Waals surface area contributed by atoms with Gasteiger partial charge in [0.2, 0.25) is 0 Å². The van der Waals surface area contributed by atoms with Gasteiger partial charge in [0.1, 0.15) is 5.76 Å². The summed E-state index contributed by atoms with van der Waals surface area (Å²) in [5.41, 5.74) is 0.518. The number of hydrogen-bond donors (Lipinski definition) is 3. The van der Waals surface area contributed by atoms with Gasteiger partial charge in [-0.2, -0.15) is 0 Å². The predicted octanol–water partition coefficient (Wildman–Crippen LogP) is -0.435. The average Bonchev–Trinajstić information content (AvgIpc) is 2.24. The lowest BCUT2D eigenvalue weighted by Crippen LogP contribution is -2.36. The first kappa shape index (κ1) is 9.97. The van der Waals surface area contributed by atoms with Crippen LogP contribution >= 0.6 is 0 Å². The molecule has 1 aliphatic heterocycles. The van der Waals surface area contributed by atoms with E-state index < -0.39 is 12.2 Å². The Morgan fingerprint density at radius 3 is 2.77 bits per heavy atom. The normalized spacial score (nSPS) is 23.5. The highest BCUT2D eigenvalue weighted by Crippen LogP contribution is 2.24. The third-order valence-corrected chi connectivity index (χ3v) is 1.86. The summed E-state index contributed by atoms with van der Waals surface area (Å²) in [6.07, 6.45) is -0.823. The molecule has 6 heteroatoms. The Hall–Kier alpha value is -1.11. The van der Waals surface area contributed by atoms with Gasteiger partial charge in [0.15, 0.2) is 6.23 Å². The number of aliphatic carboxylic acids is 1. The number of carboxylic acids is 1. The molecule has 1 atom stereocenters. The molecular weight excluding hydrogens is 176 g/mol. The summed E-state index contributed by atoms with van der Waals surface area (Å²) in [6, 6.07) is 0. The van der Waals surface area contributed by atoms with Gasteiger partial charge in [0.25, 0.3) is 0 Å². The third-order valence-electron chi connectivity index (χ3n) is 1.86. The van der Waals surface area contributed by atoms with E-state index in [1.165, 1.54) is 0 Å². The van der Waals surface area contributed by atoms with E-state index in [0.717, 1.165) is 5.17 Å². The number of carboxylic acid groups (broad SMARTS) is 1. The molecule has 0 radical (unpaired) electrons. The van der Waals surface area contributed by atoms with Crippen molar-refractivity contribution in [3.63, 3.8) is 0 Å². The average molecular weight is 188 g/mol. The van der Waals surface area contributed by atoms with Gasteiger partial charge in [-0.3, -0.25) is 4.79 Å². The van der Waals surface area contributed by atoms with Crippen molar-refractivity contribution in [1.29, 1.82) is 0 Å². The maximum atomic E-state index is 10.3. The summed E-state index contributed by atoms with van der Waals surface area (Å²) in [6.45, 7) is 1.63. The van der Waals surface area contributed by atoms with E-state index in [0.29, 0.717) is 11.3 Å². The Balaban J connectivity index is 2.57. The van der Waals surface area contributed by atoms with Crippen LogP contribution in [-0.2, 0) is 9.63 Å². The van der Waals surface area contributed by atoms with Crippen LogP contribution < -0.4 is 5.84 Å². The minimum Gasteiger partial charge on any atom is -0.481 e. The Morgan fingerprint density at radius 1 is 1.77 bits per heavy atom. The molecule has 0 aromatic carbocycles. The summed E-state index contributed by atoms with van der Waals surface area (Å²) >= 11 is 0. The monoisotopic (exact) mass is 188 g/mol. The highest BCUT2D eigenvalue weighted by molar-refractivity contribution is 5.67. The molecule has 0 aromatic rings. The molecule has 74 valence electrons. The summed E-state index contributed by atoms with van der Waals surface area (Å²) < 4.78 is 0. The number of hydroxylamine groups is 1. The largest absolute Gasteiger partial charge is 0.481 e. The summed E-state index contributed by atoms with van der Waals surface area (Å²) in [7, 11) is 0. The summed E-state index contributed by atoms with van der Waals surface area (Å²) in [4.78, 5) is 15.1. The van der Waals surface area contributed by atoms with E-state index in [1.54, 1.807) is 6.92 Å². The van der Waals surface area contributed by atoms with Gasteiger partial charge in [-0.15, -0.1) is 0 Å². The number of hydrazine groups is 1. The molecule has 4 N–H and O–H groups in total. The smallest absolute Gasteiger partial charge is 0.303 e. The van der Waals surface area contributed by atoms with E-state index in [1.807, 2.05) is 0 Å². The first-order chi connectivity index (χ1) is 6.02. The Labute approximate surface area is 75.1 Å². The molecule has 0 fully saturated rings. The zero-order valence-electron chi connectivity index (χ0n) is 7.23. The summed E-state index contributed by atoms with van der Waals surface area (Å²) in [5, 5.41) is 18.6. The molecule has 13 heavy (non-hydrogen) atoms. The number of nitrogens with zero attached hydrogens (tertiary/aromatic N) is 1. The molecule has 0 aliphatic carbocycles. The summed E-state index contributed by atoms with van der Waals surface area (Å²) in [5.74, 6) is 4.79. The molecular formula is C7H12N2O4. The molecule has 0 amide bonds. The second-order valence-corrected chi connectivity index (χ2v) is 2.80. The number of aliphatic hydroxyl groups excluding tert-OH is 1. The number of hydrogen-bond acceptors (Lipinski definition) is 5. The molecule has 0 bridgehead atoms. The first-order valence-corrected chi connectivity index (χ1v) is 3.83. The molecule has 1 rings (SSSR count). The Morgan fingerprint density at radius 2 is 2.38 bits per heavy atom. The fourth-order valence-corrected chi connectivity index (χ4v) is 1.15. The maximum Gasteiger partial charge on any atom is 0.303 e. The lowest BCUT2D eigenvalue weighted by molar-refractivity contribution is -0.175. The number of aliphatic hydroxyl groups is 1. The van der Waals surface area contributed by atoms with Crippen molar-refractivity contribution in [2.45, 2.75) is 26.0 Å². The van der Waals surface area contributed by atoms with Gasteiger partial charge < -0.3 is 15.1 Å². The predicted molar refractivity (Wildman–Crippen MR) is 42.7 cm³/mol. The number of allylic oxidation sites excluding steroid dienone is 1. The molecule has 1 heterocycles. The SMILES string of the molecule is CC1=C(CCC(=O)O)[C@H](O)N(N)O1. The quantitative estimate of drug-likeness (QED) is 0.520. The van der Waals surface area contributed by atoms with Crippen molar-refractivity contribution >= 4 is 5.97 Å². The van der Waals surface area contributed by atoms with Crippen LogP contribution in [0.15, 0.2) is 11.3 Å². The zero-order valence-corrected chi connectivity index (χ0v) is 7.23. The molecule has 1 aliphatic rings. The van der Waals surface area contributed by atoms with E-state index in [9.17, 15) is 9.90 Å². The van der Waals surface area contributed by atoms with Gasteiger partial charge in [-0.25, -0.2) is 5.84 Å². The fourth-order valence-electron chi connectivity index (χ4n) is 1.15. The van der Waals surface area contributed by atoms with Crippen LogP contribution in [0.4, 0.5) is 0 Å². The van der Waals surface area contributed by atoms with Crippen molar-refractivity contribution in [3.05, 3.63) is 11.3 Å². The van der Waals surface area contributed by atoms with Crippen molar-refractivity contribution in [2.75, 3.05) is 0 Å². The van der Waals surface area contributed by atoms with Crippen LogP contribution in [0.2, 0.25) is 0 Å². The second kappa shape index (κ2) is 3.73. The minimum atomic E-state index is -1.03. The van der Waals surface area contributed by atoms with Crippen molar-refractivity contribution in [3.8, 4) is 0 Å². The van der Waals surface area contributed by atoms with E-state index >= 15 is 0 Å². The number of nitrogens with two attached hydrogens (primary N) is 1. The standard InChI is InChI=1S/C7H12N2O4/c1-4-5(2-3-6(10)11)7(12)9(8)13-4/h7,12H,2-3,8H2,1H3,(H,10,11)/t7-/m0/s1. The van der Waals surface area contributed by atoms with Crippen molar-refractivity contribution in [1.82, 2.24) is 5.17 Å².